The minimum absolute atomic E-state index is 0.0476. The number of aromatic hydroxyl groups is 1. The van der Waals surface area contributed by atoms with E-state index in [4.69, 9.17) is 11.6 Å². The molecule has 0 radical (unpaired) electrons. The Labute approximate surface area is 144 Å². The van der Waals surface area contributed by atoms with E-state index in [-0.39, 0.29) is 18.1 Å². The molecular formula is C19H15ClN2O2. The molecule has 120 valence electrons. The summed E-state index contributed by atoms with van der Waals surface area (Å²) in [4.78, 5) is 12.1. The Balaban J connectivity index is 1.69. The largest absolute Gasteiger partial charge is 0.507 e. The summed E-state index contributed by atoms with van der Waals surface area (Å²) < 4.78 is 0. The number of nitrogens with zero attached hydrogens (tertiary/aromatic N) is 1. The van der Waals surface area contributed by atoms with Crippen molar-refractivity contribution < 1.29 is 9.90 Å². The van der Waals surface area contributed by atoms with Gasteiger partial charge in [0.2, 0.25) is 5.91 Å². The monoisotopic (exact) mass is 338 g/mol. The second kappa shape index (κ2) is 7.15. The van der Waals surface area contributed by atoms with Crippen LogP contribution in [0.25, 0.3) is 10.8 Å². The van der Waals surface area contributed by atoms with Crippen LogP contribution < -0.4 is 5.43 Å². The van der Waals surface area contributed by atoms with Crippen molar-refractivity contribution in [1.29, 1.82) is 0 Å². The van der Waals surface area contributed by atoms with Gasteiger partial charge in [0.05, 0.1) is 12.6 Å². The number of fused-ring (bicyclic) bond motifs is 1. The highest BCUT2D eigenvalue weighted by Crippen LogP contribution is 2.20. The van der Waals surface area contributed by atoms with Crippen molar-refractivity contribution in [2.24, 2.45) is 5.10 Å². The van der Waals surface area contributed by atoms with Crippen molar-refractivity contribution in [3.8, 4) is 5.75 Å². The normalized spacial score (nSPS) is 11.0. The Morgan fingerprint density at radius 1 is 1.12 bits per heavy atom. The molecule has 0 bridgehead atoms. The first-order valence-corrected chi connectivity index (χ1v) is 7.78. The van der Waals surface area contributed by atoms with E-state index in [1.807, 2.05) is 42.5 Å². The second-order valence-corrected chi connectivity index (χ2v) is 5.75. The summed E-state index contributed by atoms with van der Waals surface area (Å²) in [5.74, 6) is -0.185. The van der Waals surface area contributed by atoms with Gasteiger partial charge in [-0.2, -0.15) is 5.10 Å². The third kappa shape index (κ3) is 3.73. The van der Waals surface area contributed by atoms with E-state index in [1.165, 1.54) is 12.3 Å². The van der Waals surface area contributed by atoms with Gasteiger partial charge in [-0.15, -0.1) is 0 Å². The van der Waals surface area contributed by atoms with Gasteiger partial charge in [-0.1, -0.05) is 54.1 Å². The highest BCUT2D eigenvalue weighted by molar-refractivity contribution is 6.30. The van der Waals surface area contributed by atoms with Crippen LogP contribution in [0.5, 0.6) is 5.75 Å². The predicted octanol–water partition coefficient (Wildman–Crippen LogP) is 3.89. The SMILES string of the molecule is O=C(Cc1cccc2ccccc12)N/N=C\c1cc(Cl)ccc1O. The maximum Gasteiger partial charge on any atom is 0.244 e. The number of phenols is 1. The molecule has 3 aromatic rings. The molecule has 0 heterocycles. The number of carbonyl (C=O) groups is 1. The molecular weight excluding hydrogens is 324 g/mol. The first-order chi connectivity index (χ1) is 11.6. The molecule has 0 aliphatic heterocycles. The lowest BCUT2D eigenvalue weighted by atomic mass is 10.0. The van der Waals surface area contributed by atoms with Crippen LogP contribution >= 0.6 is 11.6 Å². The van der Waals surface area contributed by atoms with E-state index in [0.29, 0.717) is 10.6 Å². The molecule has 0 saturated heterocycles. The average Bonchev–Trinajstić information content (AvgIpc) is 2.58. The number of benzene rings is 3. The molecule has 0 aliphatic rings. The highest BCUT2D eigenvalue weighted by atomic mass is 35.5. The summed E-state index contributed by atoms with van der Waals surface area (Å²) in [7, 11) is 0. The third-order valence-electron chi connectivity index (χ3n) is 3.61. The maximum atomic E-state index is 12.1. The number of carbonyl (C=O) groups excluding carboxylic acids is 1. The molecule has 5 heteroatoms. The fraction of sp³-hybridized carbons (Fsp3) is 0.0526. The van der Waals surface area contributed by atoms with Crippen LogP contribution in [0, 0.1) is 0 Å². The number of halogens is 1. The Morgan fingerprint density at radius 3 is 2.79 bits per heavy atom. The molecule has 4 nitrogen and oxygen atoms in total. The van der Waals surface area contributed by atoms with Gasteiger partial charge in [0.1, 0.15) is 5.75 Å². The van der Waals surface area contributed by atoms with E-state index >= 15 is 0 Å². The summed E-state index contributed by atoms with van der Waals surface area (Å²) in [6, 6.07) is 18.4. The van der Waals surface area contributed by atoms with Crippen molar-refractivity contribution in [3.05, 3.63) is 76.8 Å². The van der Waals surface area contributed by atoms with Crippen molar-refractivity contribution in [1.82, 2.24) is 5.43 Å². The molecule has 0 saturated carbocycles. The predicted molar refractivity (Wildman–Crippen MR) is 96.5 cm³/mol. The van der Waals surface area contributed by atoms with E-state index in [9.17, 15) is 9.90 Å². The number of hydrogen-bond donors (Lipinski definition) is 2. The van der Waals surface area contributed by atoms with Crippen molar-refractivity contribution in [2.45, 2.75) is 6.42 Å². The van der Waals surface area contributed by atoms with Crippen LogP contribution in [0.3, 0.4) is 0 Å². The van der Waals surface area contributed by atoms with Gasteiger partial charge in [-0.05, 0) is 34.5 Å². The zero-order valence-electron chi connectivity index (χ0n) is 12.7. The van der Waals surface area contributed by atoms with Crippen LogP contribution in [-0.2, 0) is 11.2 Å². The Bertz CT molecular complexity index is 917. The van der Waals surface area contributed by atoms with Gasteiger partial charge in [0.25, 0.3) is 0 Å². The van der Waals surface area contributed by atoms with Crippen LogP contribution in [-0.4, -0.2) is 17.2 Å². The number of phenolic OH excluding ortho intramolecular Hbond substituents is 1. The van der Waals surface area contributed by atoms with Crippen LogP contribution in [0.15, 0.2) is 65.8 Å². The van der Waals surface area contributed by atoms with E-state index in [1.54, 1.807) is 12.1 Å². The summed E-state index contributed by atoms with van der Waals surface area (Å²) in [5, 5.41) is 16.2. The fourth-order valence-electron chi connectivity index (χ4n) is 2.46. The summed E-state index contributed by atoms with van der Waals surface area (Å²) in [5.41, 5.74) is 3.84. The van der Waals surface area contributed by atoms with E-state index < -0.39 is 0 Å². The van der Waals surface area contributed by atoms with Gasteiger partial charge in [0, 0.05) is 10.6 Å². The van der Waals surface area contributed by atoms with Crippen molar-refractivity contribution in [3.63, 3.8) is 0 Å². The molecule has 3 rings (SSSR count). The standard InChI is InChI=1S/C19H15ClN2O2/c20-16-8-9-18(23)15(10-16)12-21-22-19(24)11-14-6-3-5-13-4-1-2-7-17(13)14/h1-10,12,23H,11H2,(H,22,24)/b21-12-. The maximum absolute atomic E-state index is 12.1. The lowest BCUT2D eigenvalue weighted by Gasteiger charge is -2.05. The molecule has 0 unspecified atom stereocenters. The summed E-state index contributed by atoms with van der Waals surface area (Å²) in [6.45, 7) is 0. The fourth-order valence-corrected chi connectivity index (χ4v) is 2.64. The zero-order valence-corrected chi connectivity index (χ0v) is 13.5. The number of rotatable bonds is 4. The minimum atomic E-state index is -0.232. The number of nitrogens with one attached hydrogen (secondary N) is 1. The van der Waals surface area contributed by atoms with Crippen molar-refractivity contribution >= 4 is 34.5 Å². The van der Waals surface area contributed by atoms with Gasteiger partial charge < -0.3 is 5.11 Å². The summed E-state index contributed by atoms with van der Waals surface area (Å²) in [6.07, 6.45) is 1.59. The molecule has 0 aliphatic carbocycles. The van der Waals surface area contributed by atoms with Crippen LogP contribution in [0.2, 0.25) is 5.02 Å². The van der Waals surface area contributed by atoms with Gasteiger partial charge in [-0.3, -0.25) is 4.79 Å². The van der Waals surface area contributed by atoms with Crippen molar-refractivity contribution in [2.75, 3.05) is 0 Å². The van der Waals surface area contributed by atoms with Gasteiger partial charge in [0.15, 0.2) is 0 Å². The van der Waals surface area contributed by atoms with Crippen LogP contribution in [0.4, 0.5) is 0 Å². The quantitative estimate of drug-likeness (QED) is 0.560. The molecule has 24 heavy (non-hydrogen) atoms. The smallest absolute Gasteiger partial charge is 0.244 e. The molecule has 1 amide bonds. The van der Waals surface area contributed by atoms with E-state index in [2.05, 4.69) is 10.5 Å². The first-order valence-electron chi connectivity index (χ1n) is 7.40. The molecule has 3 aromatic carbocycles. The van der Waals surface area contributed by atoms with Crippen LogP contribution in [0.1, 0.15) is 11.1 Å². The topological polar surface area (TPSA) is 61.7 Å². The highest BCUT2D eigenvalue weighted by Gasteiger charge is 2.06. The number of hydrogen-bond acceptors (Lipinski definition) is 3. The first kappa shape index (κ1) is 16.0. The zero-order chi connectivity index (χ0) is 16.9. The Morgan fingerprint density at radius 2 is 1.92 bits per heavy atom. The molecule has 0 atom stereocenters. The number of hydrazone groups is 1. The number of amides is 1. The van der Waals surface area contributed by atoms with Gasteiger partial charge in [-0.25, -0.2) is 5.43 Å². The van der Waals surface area contributed by atoms with E-state index in [0.717, 1.165) is 16.3 Å². The second-order valence-electron chi connectivity index (χ2n) is 5.31. The lowest BCUT2D eigenvalue weighted by molar-refractivity contribution is -0.120. The third-order valence-corrected chi connectivity index (χ3v) is 3.85. The molecule has 0 fully saturated rings. The summed E-state index contributed by atoms with van der Waals surface area (Å²) >= 11 is 5.86. The molecule has 2 N–H and O–H groups in total. The molecule has 0 aromatic heterocycles. The Kier molecular flexibility index (Phi) is 4.77. The molecule has 0 spiro atoms. The lowest BCUT2D eigenvalue weighted by Crippen LogP contribution is -2.19. The Hall–Kier alpha value is -2.85. The van der Waals surface area contributed by atoms with Gasteiger partial charge >= 0.3 is 0 Å². The minimum Gasteiger partial charge on any atom is -0.507 e. The average molecular weight is 339 g/mol.